The predicted octanol–water partition coefficient (Wildman–Crippen LogP) is 2.43. The molecule has 1 aliphatic heterocycles. The van der Waals surface area contributed by atoms with Crippen molar-refractivity contribution in [3.63, 3.8) is 0 Å². The summed E-state index contributed by atoms with van der Waals surface area (Å²) in [7, 11) is 0. The maximum atomic E-state index is 6.30. The van der Waals surface area contributed by atoms with Gasteiger partial charge in [-0.3, -0.25) is 10.7 Å². The van der Waals surface area contributed by atoms with Gasteiger partial charge in [-0.05, 0) is 29.7 Å². The van der Waals surface area contributed by atoms with E-state index >= 15 is 0 Å². The van der Waals surface area contributed by atoms with Gasteiger partial charge in [-0.2, -0.15) is 0 Å². The quantitative estimate of drug-likeness (QED) is 0.730. The van der Waals surface area contributed by atoms with Crippen LogP contribution in [-0.4, -0.2) is 18.6 Å². The molecular weight excluding hydrogens is 308 g/mol. The van der Waals surface area contributed by atoms with Crippen LogP contribution in [0.25, 0.3) is 0 Å². The van der Waals surface area contributed by atoms with Crippen molar-refractivity contribution in [2.24, 2.45) is 10.7 Å². The number of allylic oxidation sites excluding steroid dienone is 1. The van der Waals surface area contributed by atoms with Crippen molar-refractivity contribution >= 4 is 17.6 Å². The number of hydrogen-bond donors (Lipinski definition) is 3. The molecule has 4 N–H and O–H groups in total. The average Bonchev–Trinajstić information content (AvgIpc) is 3.07. The van der Waals surface area contributed by atoms with Crippen LogP contribution in [0.1, 0.15) is 11.3 Å². The molecule has 3 rings (SSSR count). The predicted molar refractivity (Wildman–Crippen MR) is 94.3 cm³/mol. The first-order chi connectivity index (χ1) is 11.2. The Labute approximate surface area is 139 Å². The van der Waals surface area contributed by atoms with Crippen LogP contribution in [0.15, 0.2) is 64.7 Å². The lowest BCUT2D eigenvalue weighted by molar-refractivity contribution is 0.239. The second-order valence-corrected chi connectivity index (χ2v) is 6.28. The SMILES string of the molecule is NC1(CCOc2ccccc2)N=CC=C(NCc2cccs2)N1. The molecule has 23 heavy (non-hydrogen) atoms. The van der Waals surface area contributed by atoms with Crippen LogP contribution in [0.4, 0.5) is 0 Å². The molecule has 0 aliphatic carbocycles. The van der Waals surface area contributed by atoms with Gasteiger partial charge in [-0.1, -0.05) is 24.3 Å². The molecule has 0 bridgehead atoms. The molecule has 6 heteroatoms. The Morgan fingerprint density at radius 2 is 2.09 bits per heavy atom. The third kappa shape index (κ3) is 4.58. The number of ether oxygens (including phenoxy) is 1. The molecule has 2 heterocycles. The van der Waals surface area contributed by atoms with Gasteiger partial charge in [0.15, 0.2) is 5.79 Å². The number of rotatable bonds is 7. The molecule has 1 aromatic heterocycles. The molecule has 1 atom stereocenters. The van der Waals surface area contributed by atoms with Gasteiger partial charge in [-0.25, -0.2) is 0 Å². The first-order valence-electron chi connectivity index (χ1n) is 7.50. The van der Waals surface area contributed by atoms with Gasteiger partial charge in [0.2, 0.25) is 0 Å². The Morgan fingerprint density at radius 3 is 2.87 bits per heavy atom. The Kier molecular flexibility index (Phi) is 4.95. The van der Waals surface area contributed by atoms with Gasteiger partial charge in [0.1, 0.15) is 11.6 Å². The summed E-state index contributed by atoms with van der Waals surface area (Å²) in [4.78, 5) is 5.60. The van der Waals surface area contributed by atoms with E-state index in [1.165, 1.54) is 4.88 Å². The number of para-hydroxylation sites is 1. The second kappa shape index (κ2) is 7.30. The number of benzene rings is 1. The molecule has 1 aliphatic rings. The first-order valence-corrected chi connectivity index (χ1v) is 8.38. The third-order valence-electron chi connectivity index (χ3n) is 3.43. The van der Waals surface area contributed by atoms with Crippen molar-refractivity contribution in [3.8, 4) is 5.75 Å². The Morgan fingerprint density at radius 1 is 1.22 bits per heavy atom. The summed E-state index contributed by atoms with van der Waals surface area (Å²) in [5.41, 5.74) is 6.30. The number of thiophene rings is 1. The fourth-order valence-corrected chi connectivity index (χ4v) is 2.86. The number of nitrogens with two attached hydrogens (primary N) is 1. The zero-order valence-electron chi connectivity index (χ0n) is 12.7. The van der Waals surface area contributed by atoms with Gasteiger partial charge in [0.05, 0.1) is 13.2 Å². The van der Waals surface area contributed by atoms with Gasteiger partial charge < -0.3 is 15.4 Å². The summed E-state index contributed by atoms with van der Waals surface area (Å²) >= 11 is 1.72. The molecule has 0 spiro atoms. The average molecular weight is 328 g/mol. The second-order valence-electron chi connectivity index (χ2n) is 5.25. The van der Waals surface area contributed by atoms with Gasteiger partial charge in [-0.15, -0.1) is 11.3 Å². The molecular formula is C17H20N4OS. The normalized spacial score (nSPS) is 19.8. The summed E-state index contributed by atoms with van der Waals surface area (Å²) in [5.74, 6) is 0.861. The molecule has 120 valence electrons. The summed E-state index contributed by atoms with van der Waals surface area (Å²) in [6.45, 7) is 1.25. The Bertz CT molecular complexity index is 669. The van der Waals surface area contributed by atoms with E-state index in [-0.39, 0.29) is 0 Å². The van der Waals surface area contributed by atoms with Crippen molar-refractivity contribution in [1.82, 2.24) is 10.6 Å². The van der Waals surface area contributed by atoms with E-state index in [0.717, 1.165) is 18.1 Å². The highest BCUT2D eigenvalue weighted by Gasteiger charge is 2.25. The minimum absolute atomic E-state index is 0.489. The molecule has 1 unspecified atom stereocenters. The lowest BCUT2D eigenvalue weighted by Crippen LogP contribution is -2.55. The van der Waals surface area contributed by atoms with E-state index < -0.39 is 5.79 Å². The summed E-state index contributed by atoms with van der Waals surface area (Å²) < 4.78 is 5.70. The lowest BCUT2D eigenvalue weighted by Gasteiger charge is -2.31. The molecule has 0 amide bonds. The molecule has 0 saturated carbocycles. The zero-order valence-corrected chi connectivity index (χ0v) is 13.6. The molecule has 5 nitrogen and oxygen atoms in total. The van der Waals surface area contributed by atoms with Crippen LogP contribution < -0.4 is 21.1 Å². The number of nitrogens with zero attached hydrogens (tertiary/aromatic N) is 1. The van der Waals surface area contributed by atoms with Crippen molar-refractivity contribution in [2.75, 3.05) is 6.61 Å². The summed E-state index contributed by atoms with van der Waals surface area (Å²) in [6, 6.07) is 13.8. The number of aliphatic imine (C=N–C) groups is 1. The largest absolute Gasteiger partial charge is 0.493 e. The molecule has 0 fully saturated rings. The van der Waals surface area contributed by atoms with Gasteiger partial charge >= 0.3 is 0 Å². The van der Waals surface area contributed by atoms with E-state index in [2.05, 4.69) is 27.1 Å². The maximum Gasteiger partial charge on any atom is 0.186 e. The van der Waals surface area contributed by atoms with E-state index in [4.69, 9.17) is 10.5 Å². The monoisotopic (exact) mass is 328 g/mol. The highest BCUT2D eigenvalue weighted by molar-refractivity contribution is 7.09. The summed E-state index contributed by atoms with van der Waals surface area (Å²) in [6.07, 6.45) is 4.18. The van der Waals surface area contributed by atoms with Crippen LogP contribution in [0.2, 0.25) is 0 Å². The third-order valence-corrected chi connectivity index (χ3v) is 4.30. The van der Waals surface area contributed by atoms with Crippen LogP contribution in [-0.2, 0) is 6.54 Å². The van der Waals surface area contributed by atoms with Crippen molar-refractivity contribution < 1.29 is 4.74 Å². The topological polar surface area (TPSA) is 71.7 Å². The first kappa shape index (κ1) is 15.6. The number of nitrogens with one attached hydrogen (secondary N) is 2. The highest BCUT2D eigenvalue weighted by Crippen LogP contribution is 2.14. The fraction of sp³-hybridized carbons (Fsp3) is 0.235. The highest BCUT2D eigenvalue weighted by atomic mass is 32.1. The van der Waals surface area contributed by atoms with E-state index in [9.17, 15) is 0 Å². The van der Waals surface area contributed by atoms with Crippen LogP contribution in [0.5, 0.6) is 5.75 Å². The molecule has 0 saturated heterocycles. The zero-order chi connectivity index (χ0) is 16.0. The lowest BCUT2D eigenvalue weighted by atomic mass is 10.2. The van der Waals surface area contributed by atoms with Gasteiger partial charge in [0, 0.05) is 17.5 Å². The van der Waals surface area contributed by atoms with Crippen molar-refractivity contribution in [1.29, 1.82) is 0 Å². The van der Waals surface area contributed by atoms with E-state index in [0.29, 0.717) is 13.0 Å². The van der Waals surface area contributed by atoms with E-state index in [1.807, 2.05) is 42.5 Å². The van der Waals surface area contributed by atoms with Crippen LogP contribution >= 0.6 is 11.3 Å². The molecule has 1 aromatic carbocycles. The van der Waals surface area contributed by atoms with Crippen LogP contribution in [0, 0.1) is 0 Å². The maximum absolute atomic E-state index is 6.30. The van der Waals surface area contributed by atoms with Crippen LogP contribution in [0.3, 0.4) is 0 Å². The minimum atomic E-state index is -0.846. The van der Waals surface area contributed by atoms with E-state index in [1.54, 1.807) is 17.6 Å². The van der Waals surface area contributed by atoms with Crippen molar-refractivity contribution in [3.05, 3.63) is 64.6 Å². The minimum Gasteiger partial charge on any atom is -0.493 e. The standard InChI is InChI=1S/C17H20N4OS/c18-17(9-11-22-14-5-2-1-3-6-14)20-10-8-16(21-17)19-13-15-7-4-12-23-15/h1-8,10,12,19,21H,9,11,13,18H2. The molecule has 0 radical (unpaired) electrons. The summed E-state index contributed by atoms with van der Waals surface area (Å²) in [5, 5.41) is 8.63. The fourth-order valence-electron chi connectivity index (χ4n) is 2.22. The van der Waals surface area contributed by atoms with Gasteiger partial charge in [0.25, 0.3) is 0 Å². The molecule has 2 aromatic rings. The number of hydrogen-bond acceptors (Lipinski definition) is 6. The smallest absolute Gasteiger partial charge is 0.186 e. The Balaban J connectivity index is 1.48. The van der Waals surface area contributed by atoms with Crippen molar-refractivity contribution in [2.45, 2.75) is 18.8 Å². The Hall–Kier alpha value is -2.31.